The second-order valence-corrected chi connectivity index (χ2v) is 10.5. The highest BCUT2D eigenvalue weighted by Gasteiger charge is 2.67. The average molecular weight is 389 g/mol. The Morgan fingerprint density at radius 2 is 1.79 bits per heavy atom. The van der Waals surface area contributed by atoms with Crippen molar-refractivity contribution in [1.82, 2.24) is 0 Å². The molecule has 0 radical (unpaired) electrons. The summed E-state index contributed by atoms with van der Waals surface area (Å²) in [5.41, 5.74) is -1.18. The van der Waals surface area contributed by atoms with Crippen molar-refractivity contribution in [2.75, 3.05) is 0 Å². The monoisotopic (exact) mass is 388 g/mol. The highest BCUT2D eigenvalue weighted by Crippen LogP contribution is 2.67. The lowest BCUT2D eigenvalue weighted by molar-refractivity contribution is -0.190. The van der Waals surface area contributed by atoms with Gasteiger partial charge in [-0.15, -0.1) is 0 Å². The maximum atomic E-state index is 12.9. The molecule has 4 aliphatic carbocycles. The summed E-state index contributed by atoms with van der Waals surface area (Å²) in [5.74, 6) is 3.76. The van der Waals surface area contributed by atoms with Gasteiger partial charge in [-0.3, -0.25) is 14.4 Å². The zero-order chi connectivity index (χ0) is 20.3. The van der Waals surface area contributed by atoms with Gasteiger partial charge in [0, 0.05) is 24.7 Å². The highest BCUT2D eigenvalue weighted by atomic mass is 16.6. The lowest BCUT2D eigenvalue weighted by Gasteiger charge is -2.58. The maximum Gasteiger partial charge on any atom is 0.306 e. The normalized spacial score (nSPS) is 47.6. The Kier molecular flexibility index (Phi) is 4.99. The number of carbonyl (C=O) groups is 3. The van der Waals surface area contributed by atoms with E-state index in [0.29, 0.717) is 54.1 Å². The van der Waals surface area contributed by atoms with Gasteiger partial charge >= 0.3 is 5.97 Å². The number of fused-ring (bicyclic) bond motifs is 5. The Morgan fingerprint density at radius 3 is 2.46 bits per heavy atom. The van der Waals surface area contributed by atoms with E-state index < -0.39 is 5.60 Å². The lowest BCUT2D eigenvalue weighted by atomic mass is 9.47. The molecule has 1 unspecified atom stereocenters. The Hall–Kier alpha value is -1.19. The Labute approximate surface area is 169 Å². The van der Waals surface area contributed by atoms with Gasteiger partial charge < -0.3 is 4.74 Å². The van der Waals surface area contributed by atoms with E-state index in [-0.39, 0.29) is 17.2 Å². The maximum absolute atomic E-state index is 12.9. The fourth-order valence-electron chi connectivity index (χ4n) is 8.09. The number of Topliss-reactive ketones (excluding diaryl/α,β-unsaturated/α-hetero) is 2. The fraction of sp³-hybridized carbons (Fsp3) is 0.875. The number of hydrogen-bond donors (Lipinski definition) is 0. The zero-order valence-corrected chi connectivity index (χ0v) is 18.0. The van der Waals surface area contributed by atoms with Crippen molar-refractivity contribution in [2.45, 2.75) is 91.1 Å². The summed E-state index contributed by atoms with van der Waals surface area (Å²) in [6.07, 6.45) is 7.80. The van der Waals surface area contributed by atoms with Crippen LogP contribution in [0.4, 0.5) is 0 Å². The molecule has 0 aliphatic heterocycles. The summed E-state index contributed by atoms with van der Waals surface area (Å²) in [7, 11) is 0. The smallest absolute Gasteiger partial charge is 0.306 e. The van der Waals surface area contributed by atoms with Gasteiger partial charge in [0.2, 0.25) is 0 Å². The summed E-state index contributed by atoms with van der Waals surface area (Å²) in [5, 5.41) is 0. The summed E-state index contributed by atoms with van der Waals surface area (Å²) >= 11 is 0. The Bertz CT molecular complexity index is 684. The fourth-order valence-corrected chi connectivity index (χ4v) is 8.09. The molecule has 156 valence electrons. The predicted molar refractivity (Wildman–Crippen MR) is 106 cm³/mol. The van der Waals surface area contributed by atoms with E-state index in [2.05, 4.69) is 13.8 Å². The first-order valence-electron chi connectivity index (χ1n) is 11.5. The highest BCUT2D eigenvalue weighted by molar-refractivity contribution is 5.89. The van der Waals surface area contributed by atoms with E-state index in [0.717, 1.165) is 44.9 Å². The standard InChI is InChI=1S/C24H36O4/c1-5-22(27)28-24(15(3)25)11-9-21-20-12-14(2)19-13-16(26)6-7-17(19)18(20)8-10-23(21,24)4/h14,17-21H,5-13H2,1-4H3/t14-,17+,18+,19?,20+,21-,23-,24-/m0/s1. The largest absolute Gasteiger partial charge is 0.450 e. The van der Waals surface area contributed by atoms with Crippen molar-refractivity contribution < 1.29 is 19.1 Å². The molecule has 4 saturated carbocycles. The molecule has 0 N–H and O–H groups in total. The van der Waals surface area contributed by atoms with E-state index in [1.54, 1.807) is 13.8 Å². The van der Waals surface area contributed by atoms with E-state index in [9.17, 15) is 14.4 Å². The number of rotatable bonds is 3. The van der Waals surface area contributed by atoms with Crippen LogP contribution >= 0.6 is 0 Å². The first-order valence-corrected chi connectivity index (χ1v) is 11.5. The minimum atomic E-state index is -0.932. The second-order valence-electron chi connectivity index (χ2n) is 10.5. The van der Waals surface area contributed by atoms with Crippen LogP contribution in [0.3, 0.4) is 0 Å². The van der Waals surface area contributed by atoms with Crippen LogP contribution in [-0.2, 0) is 19.1 Å². The van der Waals surface area contributed by atoms with Gasteiger partial charge in [-0.25, -0.2) is 0 Å². The van der Waals surface area contributed by atoms with Crippen molar-refractivity contribution in [3.63, 3.8) is 0 Å². The molecule has 4 rings (SSSR count). The third kappa shape index (κ3) is 2.73. The number of ether oxygens (including phenoxy) is 1. The SMILES string of the molecule is CCC(=O)O[C@]1(C(C)=O)CC[C@H]2[C@@H]3C[C@H](C)C4CC(=O)CC[C@@H]4[C@H]3CC[C@@]21C. The zero-order valence-electron chi connectivity index (χ0n) is 18.0. The van der Waals surface area contributed by atoms with Gasteiger partial charge in [-0.2, -0.15) is 0 Å². The number of carbonyl (C=O) groups excluding carboxylic acids is 3. The molecule has 28 heavy (non-hydrogen) atoms. The molecule has 0 aromatic rings. The number of hydrogen-bond acceptors (Lipinski definition) is 4. The van der Waals surface area contributed by atoms with Crippen LogP contribution < -0.4 is 0 Å². The van der Waals surface area contributed by atoms with Crippen LogP contribution in [0, 0.1) is 40.9 Å². The minimum absolute atomic E-state index is 0.0303. The summed E-state index contributed by atoms with van der Waals surface area (Å²) in [4.78, 5) is 37.2. The average Bonchev–Trinajstić information content (AvgIpc) is 2.96. The Balaban J connectivity index is 1.65. The van der Waals surface area contributed by atoms with Gasteiger partial charge in [-0.1, -0.05) is 20.8 Å². The topological polar surface area (TPSA) is 60.4 Å². The van der Waals surface area contributed by atoms with Crippen LogP contribution in [-0.4, -0.2) is 23.1 Å². The molecule has 0 bridgehead atoms. The van der Waals surface area contributed by atoms with Crippen molar-refractivity contribution in [3.8, 4) is 0 Å². The van der Waals surface area contributed by atoms with E-state index >= 15 is 0 Å². The molecular formula is C24H36O4. The molecule has 0 heterocycles. The van der Waals surface area contributed by atoms with Gasteiger partial charge in [-0.05, 0) is 81.0 Å². The molecule has 4 heteroatoms. The van der Waals surface area contributed by atoms with Gasteiger partial charge in [0.25, 0.3) is 0 Å². The van der Waals surface area contributed by atoms with Gasteiger partial charge in [0.15, 0.2) is 11.4 Å². The first kappa shape index (κ1) is 20.1. The van der Waals surface area contributed by atoms with Crippen molar-refractivity contribution in [3.05, 3.63) is 0 Å². The molecule has 0 aromatic heterocycles. The van der Waals surface area contributed by atoms with E-state index in [1.165, 1.54) is 0 Å². The van der Waals surface area contributed by atoms with Crippen molar-refractivity contribution in [2.24, 2.45) is 40.9 Å². The molecule has 4 fully saturated rings. The summed E-state index contributed by atoms with van der Waals surface area (Å²) in [6.45, 7) is 7.99. The van der Waals surface area contributed by atoms with Crippen LogP contribution in [0.5, 0.6) is 0 Å². The summed E-state index contributed by atoms with van der Waals surface area (Å²) in [6, 6.07) is 0. The van der Waals surface area contributed by atoms with Crippen molar-refractivity contribution in [1.29, 1.82) is 0 Å². The van der Waals surface area contributed by atoms with Crippen molar-refractivity contribution >= 4 is 17.5 Å². The van der Waals surface area contributed by atoms with Gasteiger partial charge in [0.05, 0.1) is 0 Å². The minimum Gasteiger partial charge on any atom is -0.450 e. The van der Waals surface area contributed by atoms with Crippen LogP contribution in [0.2, 0.25) is 0 Å². The van der Waals surface area contributed by atoms with Crippen LogP contribution in [0.15, 0.2) is 0 Å². The third-order valence-electron chi connectivity index (χ3n) is 9.45. The predicted octanol–water partition coefficient (Wildman–Crippen LogP) is 4.74. The quantitative estimate of drug-likeness (QED) is 0.656. The summed E-state index contributed by atoms with van der Waals surface area (Å²) < 4.78 is 5.98. The first-order chi connectivity index (χ1) is 13.2. The number of esters is 1. The molecule has 4 nitrogen and oxygen atoms in total. The van der Waals surface area contributed by atoms with E-state index in [1.807, 2.05) is 0 Å². The lowest BCUT2D eigenvalue weighted by Crippen LogP contribution is -2.58. The molecular weight excluding hydrogens is 352 g/mol. The molecule has 0 aromatic carbocycles. The molecule has 0 amide bonds. The second kappa shape index (κ2) is 6.95. The number of ketones is 2. The molecule has 0 saturated heterocycles. The van der Waals surface area contributed by atoms with Gasteiger partial charge in [0.1, 0.15) is 5.78 Å². The molecule has 4 aliphatic rings. The Morgan fingerprint density at radius 1 is 1.07 bits per heavy atom. The van der Waals surface area contributed by atoms with Crippen LogP contribution in [0.25, 0.3) is 0 Å². The molecule has 8 atom stereocenters. The molecule has 0 spiro atoms. The van der Waals surface area contributed by atoms with Crippen LogP contribution in [0.1, 0.15) is 85.5 Å². The van der Waals surface area contributed by atoms with E-state index in [4.69, 9.17) is 4.74 Å². The third-order valence-corrected chi connectivity index (χ3v) is 9.45.